The fraction of sp³-hybridized carbons (Fsp3) is 0.238. The molecule has 0 aliphatic heterocycles. The van der Waals surface area contributed by atoms with Gasteiger partial charge >= 0.3 is 0 Å². The van der Waals surface area contributed by atoms with Crippen LogP contribution in [0.1, 0.15) is 0 Å². The van der Waals surface area contributed by atoms with Gasteiger partial charge in [0.15, 0.2) is 11.5 Å². The van der Waals surface area contributed by atoms with E-state index in [0.717, 1.165) is 17.1 Å². The Balaban J connectivity index is 1.79. The Morgan fingerprint density at radius 1 is 0.793 bits per heavy atom. The largest absolute Gasteiger partial charge is 0.493 e. The predicted octanol–water partition coefficient (Wildman–Crippen LogP) is 4.06. The summed E-state index contributed by atoms with van der Waals surface area (Å²) < 4.78 is 16.1. The highest BCUT2D eigenvalue weighted by atomic mass is 16.5. The van der Waals surface area contributed by atoms with E-state index in [-0.39, 0.29) is 0 Å². The Hall–Kier alpha value is -3.68. The third-order valence-corrected chi connectivity index (χ3v) is 4.23. The van der Waals surface area contributed by atoms with Gasteiger partial charge in [-0.2, -0.15) is 4.98 Å². The number of nitrogens with one attached hydrogen (secondary N) is 2. The maximum Gasteiger partial charge on any atom is 0.229 e. The Kier molecular flexibility index (Phi) is 6.23. The molecule has 0 bridgehead atoms. The molecule has 8 nitrogen and oxygen atoms in total. The molecule has 8 heteroatoms. The van der Waals surface area contributed by atoms with Crippen LogP contribution in [0.25, 0.3) is 0 Å². The van der Waals surface area contributed by atoms with Gasteiger partial charge in [-0.15, -0.1) is 0 Å². The van der Waals surface area contributed by atoms with Crippen LogP contribution in [0, 0.1) is 0 Å². The summed E-state index contributed by atoms with van der Waals surface area (Å²) in [6, 6.07) is 13.4. The molecule has 2 aromatic carbocycles. The van der Waals surface area contributed by atoms with Crippen LogP contribution in [0.5, 0.6) is 17.2 Å². The van der Waals surface area contributed by atoms with Crippen molar-refractivity contribution in [3.63, 3.8) is 0 Å². The minimum Gasteiger partial charge on any atom is -0.493 e. The van der Waals surface area contributed by atoms with Crippen molar-refractivity contribution in [2.24, 2.45) is 0 Å². The summed E-state index contributed by atoms with van der Waals surface area (Å²) in [5.74, 6) is 2.76. The van der Waals surface area contributed by atoms with E-state index < -0.39 is 0 Å². The number of rotatable bonds is 8. The normalized spacial score (nSPS) is 10.2. The fourth-order valence-electron chi connectivity index (χ4n) is 2.76. The van der Waals surface area contributed by atoms with Crippen molar-refractivity contribution >= 4 is 28.8 Å². The zero-order chi connectivity index (χ0) is 20.8. The quantitative estimate of drug-likeness (QED) is 0.591. The van der Waals surface area contributed by atoms with Crippen LogP contribution in [0.4, 0.5) is 28.8 Å². The summed E-state index contributed by atoms with van der Waals surface area (Å²) in [5.41, 5.74) is 2.77. The van der Waals surface area contributed by atoms with Crippen LogP contribution in [-0.2, 0) is 0 Å². The molecule has 0 saturated heterocycles. The molecule has 0 fully saturated rings. The van der Waals surface area contributed by atoms with Crippen LogP contribution in [0.15, 0.2) is 48.7 Å². The highest BCUT2D eigenvalue weighted by Crippen LogP contribution is 2.40. The van der Waals surface area contributed by atoms with Gasteiger partial charge in [-0.25, -0.2) is 4.98 Å². The maximum absolute atomic E-state index is 5.39. The lowest BCUT2D eigenvalue weighted by Crippen LogP contribution is -2.08. The highest BCUT2D eigenvalue weighted by Gasteiger charge is 2.13. The molecule has 1 aromatic heterocycles. The van der Waals surface area contributed by atoms with Gasteiger partial charge < -0.3 is 29.7 Å². The van der Waals surface area contributed by atoms with E-state index in [1.54, 1.807) is 33.6 Å². The fourth-order valence-corrected chi connectivity index (χ4v) is 2.76. The first kappa shape index (κ1) is 20.1. The second kappa shape index (κ2) is 9.01. The predicted molar refractivity (Wildman–Crippen MR) is 115 cm³/mol. The molecule has 0 spiro atoms. The van der Waals surface area contributed by atoms with Gasteiger partial charge in [0, 0.05) is 49.5 Å². The average Bonchev–Trinajstić information content (AvgIpc) is 2.73. The molecule has 0 amide bonds. The molecular weight excluding hydrogens is 370 g/mol. The van der Waals surface area contributed by atoms with Crippen molar-refractivity contribution in [1.82, 2.24) is 9.97 Å². The Labute approximate surface area is 170 Å². The third kappa shape index (κ3) is 4.78. The highest BCUT2D eigenvalue weighted by molar-refractivity contribution is 5.67. The molecule has 0 unspecified atom stereocenters. The number of hydrogen-bond acceptors (Lipinski definition) is 8. The Bertz CT molecular complexity index is 936. The van der Waals surface area contributed by atoms with Gasteiger partial charge in [0.25, 0.3) is 0 Å². The zero-order valence-corrected chi connectivity index (χ0v) is 17.2. The van der Waals surface area contributed by atoms with E-state index in [0.29, 0.717) is 29.0 Å². The summed E-state index contributed by atoms with van der Waals surface area (Å²) in [7, 11) is 8.74. The third-order valence-electron chi connectivity index (χ3n) is 4.23. The minimum absolute atomic E-state index is 0.486. The van der Waals surface area contributed by atoms with E-state index in [1.165, 1.54) is 0 Å². The lowest BCUT2D eigenvalue weighted by atomic mass is 10.2. The lowest BCUT2D eigenvalue weighted by Gasteiger charge is -2.15. The summed E-state index contributed by atoms with van der Waals surface area (Å²) >= 11 is 0. The van der Waals surface area contributed by atoms with Gasteiger partial charge in [-0.05, 0) is 30.3 Å². The van der Waals surface area contributed by atoms with Crippen LogP contribution in [-0.4, -0.2) is 45.4 Å². The molecule has 3 aromatic rings. The number of anilines is 5. The zero-order valence-electron chi connectivity index (χ0n) is 17.2. The number of methoxy groups -OCH3 is 3. The second-order valence-corrected chi connectivity index (χ2v) is 6.37. The smallest absolute Gasteiger partial charge is 0.229 e. The summed E-state index contributed by atoms with van der Waals surface area (Å²) in [5, 5.41) is 6.45. The van der Waals surface area contributed by atoms with Gasteiger partial charge in [-0.3, -0.25) is 0 Å². The molecule has 0 atom stereocenters. The summed E-state index contributed by atoms with van der Waals surface area (Å²) in [6.45, 7) is 0. The Morgan fingerprint density at radius 2 is 1.45 bits per heavy atom. The van der Waals surface area contributed by atoms with Crippen LogP contribution in [0.2, 0.25) is 0 Å². The SMILES string of the molecule is COc1cc(Nc2ccnc(Nc3ccc(N(C)C)cc3)n2)cc(OC)c1OC. The molecule has 1 heterocycles. The number of benzene rings is 2. The number of hydrogen-bond donors (Lipinski definition) is 2. The van der Waals surface area contributed by atoms with Crippen LogP contribution in [0.3, 0.4) is 0 Å². The first-order valence-electron chi connectivity index (χ1n) is 8.98. The monoisotopic (exact) mass is 395 g/mol. The van der Waals surface area contributed by atoms with Crippen molar-refractivity contribution in [2.75, 3.05) is 51.0 Å². The molecule has 0 aliphatic rings. The van der Waals surface area contributed by atoms with Crippen molar-refractivity contribution in [1.29, 1.82) is 0 Å². The lowest BCUT2D eigenvalue weighted by molar-refractivity contribution is 0.324. The van der Waals surface area contributed by atoms with E-state index >= 15 is 0 Å². The summed E-state index contributed by atoms with van der Waals surface area (Å²) in [4.78, 5) is 10.8. The number of ether oxygens (including phenoxy) is 3. The van der Waals surface area contributed by atoms with Gasteiger partial charge in [0.1, 0.15) is 5.82 Å². The Morgan fingerprint density at radius 3 is 2.00 bits per heavy atom. The van der Waals surface area contributed by atoms with Crippen molar-refractivity contribution < 1.29 is 14.2 Å². The van der Waals surface area contributed by atoms with E-state index in [2.05, 4.69) is 20.6 Å². The van der Waals surface area contributed by atoms with E-state index in [1.807, 2.05) is 55.4 Å². The number of nitrogens with zero attached hydrogens (tertiary/aromatic N) is 3. The first-order valence-corrected chi connectivity index (χ1v) is 8.98. The van der Waals surface area contributed by atoms with Gasteiger partial charge in [0.2, 0.25) is 11.7 Å². The maximum atomic E-state index is 5.39. The molecule has 152 valence electrons. The van der Waals surface area contributed by atoms with Crippen molar-refractivity contribution in [2.45, 2.75) is 0 Å². The minimum atomic E-state index is 0.486. The molecule has 0 saturated carbocycles. The number of aromatic nitrogens is 2. The topological polar surface area (TPSA) is 80.8 Å². The molecule has 0 radical (unpaired) electrons. The average molecular weight is 395 g/mol. The van der Waals surface area contributed by atoms with Crippen LogP contribution >= 0.6 is 0 Å². The molecule has 2 N–H and O–H groups in total. The first-order chi connectivity index (χ1) is 14.0. The van der Waals surface area contributed by atoms with Crippen molar-refractivity contribution in [3.8, 4) is 17.2 Å². The molecule has 3 rings (SSSR count). The van der Waals surface area contributed by atoms with E-state index in [9.17, 15) is 0 Å². The molecule has 29 heavy (non-hydrogen) atoms. The van der Waals surface area contributed by atoms with Gasteiger partial charge in [-0.1, -0.05) is 0 Å². The van der Waals surface area contributed by atoms with Crippen LogP contribution < -0.4 is 29.7 Å². The van der Waals surface area contributed by atoms with Crippen molar-refractivity contribution in [3.05, 3.63) is 48.7 Å². The molecular formula is C21H25N5O3. The van der Waals surface area contributed by atoms with E-state index in [4.69, 9.17) is 14.2 Å². The second-order valence-electron chi connectivity index (χ2n) is 6.37. The summed E-state index contributed by atoms with van der Waals surface area (Å²) in [6.07, 6.45) is 1.68. The molecule has 0 aliphatic carbocycles. The van der Waals surface area contributed by atoms with Gasteiger partial charge in [0.05, 0.1) is 21.3 Å². The standard InChI is InChI=1S/C21H25N5O3/c1-26(2)16-8-6-14(7-9-16)24-21-22-11-10-19(25-21)23-15-12-17(27-3)20(29-5)18(13-15)28-4/h6-13H,1-5H3,(H2,22,23,24,25).